The Kier molecular flexibility index (Phi) is 4.11. The summed E-state index contributed by atoms with van der Waals surface area (Å²) in [6, 6.07) is 2.21. The summed E-state index contributed by atoms with van der Waals surface area (Å²) in [4.78, 5) is 26.7. The number of ether oxygens (including phenoxy) is 1. The van der Waals surface area contributed by atoms with Crippen LogP contribution in [0.2, 0.25) is 0 Å². The first kappa shape index (κ1) is 14.2. The Labute approximate surface area is 113 Å². The number of aromatic carboxylic acids is 1. The molecule has 2 N–H and O–H groups in total. The van der Waals surface area contributed by atoms with E-state index in [1.54, 1.807) is 4.90 Å². The van der Waals surface area contributed by atoms with Crippen LogP contribution in [0.15, 0.2) is 12.1 Å². The molecular formula is C11H13N3O6. The van der Waals surface area contributed by atoms with Crippen molar-refractivity contribution in [3.63, 3.8) is 0 Å². The van der Waals surface area contributed by atoms with Crippen LogP contribution in [0, 0.1) is 10.1 Å². The van der Waals surface area contributed by atoms with Gasteiger partial charge >= 0.3 is 11.7 Å². The molecule has 108 valence electrons. The van der Waals surface area contributed by atoms with Gasteiger partial charge in [0.1, 0.15) is 0 Å². The average Bonchev–Trinajstić information content (AvgIpc) is 2.46. The van der Waals surface area contributed by atoms with Gasteiger partial charge in [0.05, 0.1) is 24.2 Å². The lowest BCUT2D eigenvalue weighted by atomic mass is 10.2. The monoisotopic (exact) mass is 283 g/mol. The van der Waals surface area contributed by atoms with Gasteiger partial charge in [-0.25, -0.2) is 9.78 Å². The minimum Gasteiger partial charge on any atom is -0.477 e. The summed E-state index contributed by atoms with van der Waals surface area (Å²) >= 11 is 0. The Morgan fingerprint density at radius 2 is 2.35 bits per heavy atom. The molecule has 0 spiro atoms. The summed E-state index contributed by atoms with van der Waals surface area (Å²) in [6.45, 7) is 0.616. The number of pyridine rings is 1. The Bertz CT molecular complexity index is 535. The lowest BCUT2D eigenvalue weighted by Crippen LogP contribution is -2.44. The predicted molar refractivity (Wildman–Crippen MR) is 66.9 cm³/mol. The van der Waals surface area contributed by atoms with Gasteiger partial charge in [0.15, 0.2) is 5.69 Å². The van der Waals surface area contributed by atoms with Crippen LogP contribution in [0.5, 0.6) is 0 Å². The van der Waals surface area contributed by atoms with E-state index in [0.29, 0.717) is 6.54 Å². The van der Waals surface area contributed by atoms with Gasteiger partial charge < -0.3 is 19.8 Å². The molecule has 2 heterocycles. The molecule has 1 unspecified atom stereocenters. The number of aliphatic hydroxyl groups excluding tert-OH is 1. The van der Waals surface area contributed by atoms with Crippen LogP contribution in [0.1, 0.15) is 10.5 Å². The zero-order valence-corrected chi connectivity index (χ0v) is 10.4. The van der Waals surface area contributed by atoms with Crippen molar-refractivity contribution in [1.82, 2.24) is 4.98 Å². The number of aliphatic hydroxyl groups is 1. The molecule has 0 aromatic carbocycles. The van der Waals surface area contributed by atoms with Crippen molar-refractivity contribution in [3.8, 4) is 0 Å². The molecule has 1 saturated heterocycles. The highest BCUT2D eigenvalue weighted by atomic mass is 16.6. The molecule has 9 heteroatoms. The third kappa shape index (κ3) is 2.83. The van der Waals surface area contributed by atoms with E-state index in [4.69, 9.17) is 14.9 Å². The molecule has 0 saturated carbocycles. The highest BCUT2D eigenvalue weighted by Gasteiger charge is 2.28. The fourth-order valence-electron chi connectivity index (χ4n) is 1.96. The average molecular weight is 283 g/mol. The number of carboxylic acid groups (broad SMARTS) is 1. The number of nitro groups is 1. The van der Waals surface area contributed by atoms with Gasteiger partial charge in [0, 0.05) is 19.2 Å². The van der Waals surface area contributed by atoms with Gasteiger partial charge in [0.2, 0.25) is 5.82 Å². The van der Waals surface area contributed by atoms with Crippen molar-refractivity contribution in [2.45, 2.75) is 6.10 Å². The van der Waals surface area contributed by atoms with Crippen LogP contribution >= 0.6 is 0 Å². The molecule has 1 atom stereocenters. The van der Waals surface area contributed by atoms with E-state index in [2.05, 4.69) is 4.98 Å². The first-order chi connectivity index (χ1) is 9.52. The van der Waals surface area contributed by atoms with Gasteiger partial charge in [-0.05, 0) is 6.07 Å². The molecule has 2 rings (SSSR count). The first-order valence-electron chi connectivity index (χ1n) is 5.89. The second kappa shape index (κ2) is 5.80. The Balaban J connectivity index is 2.38. The van der Waals surface area contributed by atoms with Gasteiger partial charge in [-0.2, -0.15) is 0 Å². The summed E-state index contributed by atoms with van der Waals surface area (Å²) in [5.74, 6) is -1.27. The molecule has 0 bridgehead atoms. The Hall–Kier alpha value is -2.26. The molecule has 0 amide bonds. The molecule has 0 radical (unpaired) electrons. The molecule has 1 fully saturated rings. The van der Waals surface area contributed by atoms with Crippen molar-refractivity contribution in [2.75, 3.05) is 31.2 Å². The smallest absolute Gasteiger partial charge is 0.354 e. The minimum atomic E-state index is -1.26. The molecular weight excluding hydrogens is 270 g/mol. The van der Waals surface area contributed by atoms with E-state index in [-0.39, 0.29) is 37.0 Å². The highest BCUT2D eigenvalue weighted by molar-refractivity contribution is 5.86. The van der Waals surface area contributed by atoms with E-state index in [0.717, 1.165) is 12.1 Å². The number of carboxylic acids is 1. The number of rotatable bonds is 4. The van der Waals surface area contributed by atoms with E-state index < -0.39 is 17.0 Å². The van der Waals surface area contributed by atoms with Gasteiger partial charge in [0.25, 0.3) is 0 Å². The quantitative estimate of drug-likeness (QED) is 0.578. The van der Waals surface area contributed by atoms with Crippen molar-refractivity contribution in [1.29, 1.82) is 0 Å². The third-order valence-corrected chi connectivity index (χ3v) is 2.91. The van der Waals surface area contributed by atoms with E-state index in [9.17, 15) is 14.9 Å². The second-order valence-electron chi connectivity index (χ2n) is 4.22. The van der Waals surface area contributed by atoms with Crippen LogP contribution in [0.3, 0.4) is 0 Å². The topological polar surface area (TPSA) is 126 Å². The standard InChI is InChI=1S/C11H13N3O6/c15-6-7-5-13(3-4-20-7)10-9(14(18)19)2-1-8(12-10)11(16)17/h1-2,7,15H,3-6H2,(H,16,17). The number of anilines is 1. The number of hydrogen-bond donors (Lipinski definition) is 2. The fraction of sp³-hybridized carbons (Fsp3) is 0.455. The number of morpholine rings is 1. The zero-order valence-electron chi connectivity index (χ0n) is 10.4. The summed E-state index contributed by atoms with van der Waals surface area (Å²) in [6.07, 6.45) is -0.473. The van der Waals surface area contributed by atoms with Crippen LogP contribution in [0.25, 0.3) is 0 Å². The number of aromatic nitrogens is 1. The number of carbonyl (C=O) groups is 1. The van der Waals surface area contributed by atoms with Crippen molar-refractivity contribution >= 4 is 17.5 Å². The fourth-order valence-corrected chi connectivity index (χ4v) is 1.96. The zero-order chi connectivity index (χ0) is 14.7. The third-order valence-electron chi connectivity index (χ3n) is 2.91. The Morgan fingerprint density at radius 3 is 2.95 bits per heavy atom. The number of nitrogens with zero attached hydrogens (tertiary/aromatic N) is 3. The molecule has 20 heavy (non-hydrogen) atoms. The van der Waals surface area contributed by atoms with Gasteiger partial charge in [-0.1, -0.05) is 0 Å². The Morgan fingerprint density at radius 1 is 1.60 bits per heavy atom. The van der Waals surface area contributed by atoms with Crippen LogP contribution < -0.4 is 4.90 Å². The van der Waals surface area contributed by atoms with Crippen molar-refractivity contribution in [3.05, 3.63) is 27.9 Å². The van der Waals surface area contributed by atoms with Crippen molar-refractivity contribution in [2.24, 2.45) is 0 Å². The summed E-state index contributed by atoms with van der Waals surface area (Å²) in [7, 11) is 0. The van der Waals surface area contributed by atoms with Gasteiger partial charge in [-0.3, -0.25) is 10.1 Å². The molecule has 9 nitrogen and oxygen atoms in total. The predicted octanol–water partition coefficient (Wildman–Crippen LogP) is -0.114. The van der Waals surface area contributed by atoms with Crippen LogP contribution in [-0.2, 0) is 4.74 Å². The maximum absolute atomic E-state index is 11.0. The summed E-state index contributed by atoms with van der Waals surface area (Å²) in [5.41, 5.74) is -0.536. The lowest BCUT2D eigenvalue weighted by Gasteiger charge is -2.32. The van der Waals surface area contributed by atoms with Gasteiger partial charge in [-0.15, -0.1) is 0 Å². The first-order valence-corrected chi connectivity index (χ1v) is 5.89. The largest absolute Gasteiger partial charge is 0.477 e. The summed E-state index contributed by atoms with van der Waals surface area (Å²) in [5, 5.41) is 29.0. The molecule has 0 aliphatic carbocycles. The lowest BCUT2D eigenvalue weighted by molar-refractivity contribution is -0.384. The molecule has 1 aromatic heterocycles. The second-order valence-corrected chi connectivity index (χ2v) is 4.22. The number of hydrogen-bond acceptors (Lipinski definition) is 7. The normalized spacial score (nSPS) is 18.9. The SMILES string of the molecule is O=C(O)c1ccc([N+](=O)[O-])c(N2CCOC(CO)C2)n1. The van der Waals surface area contributed by atoms with E-state index >= 15 is 0 Å². The minimum absolute atomic E-state index is 0.0170. The van der Waals surface area contributed by atoms with E-state index in [1.165, 1.54) is 0 Å². The van der Waals surface area contributed by atoms with Crippen LogP contribution in [0.4, 0.5) is 11.5 Å². The molecule has 1 aliphatic heterocycles. The molecule has 1 aromatic rings. The van der Waals surface area contributed by atoms with E-state index in [1.807, 2.05) is 0 Å². The molecule has 1 aliphatic rings. The highest BCUT2D eigenvalue weighted by Crippen LogP contribution is 2.27. The van der Waals surface area contributed by atoms with Crippen LogP contribution in [-0.4, -0.2) is 58.5 Å². The maximum atomic E-state index is 11.0. The summed E-state index contributed by atoms with van der Waals surface area (Å²) < 4.78 is 5.25. The van der Waals surface area contributed by atoms with Crippen molar-refractivity contribution < 1.29 is 24.7 Å². The maximum Gasteiger partial charge on any atom is 0.354 e.